The van der Waals surface area contributed by atoms with Gasteiger partial charge in [-0.15, -0.1) is 0 Å². The largest absolute Gasteiger partial charge is 0.314 e. The molecule has 0 aliphatic carbocycles. The van der Waals surface area contributed by atoms with E-state index in [4.69, 9.17) is 0 Å². The van der Waals surface area contributed by atoms with Crippen LogP contribution in [0.15, 0.2) is 0 Å². The highest BCUT2D eigenvalue weighted by molar-refractivity contribution is 4.83. The molecule has 0 aromatic carbocycles. The van der Waals surface area contributed by atoms with Crippen molar-refractivity contribution >= 4 is 0 Å². The van der Waals surface area contributed by atoms with Gasteiger partial charge in [0.05, 0.1) is 0 Å². The number of nitrogens with zero attached hydrogens (tertiary/aromatic N) is 1. The lowest BCUT2D eigenvalue weighted by atomic mass is 9.80. The number of hydrogen-bond acceptors (Lipinski definition) is 2. The normalized spacial score (nSPS) is 25.7. The molecule has 2 nitrogen and oxygen atoms in total. The minimum atomic E-state index is 0.436. The van der Waals surface area contributed by atoms with Crippen molar-refractivity contribution in [2.45, 2.75) is 40.7 Å². The Morgan fingerprint density at radius 1 is 1.43 bits per heavy atom. The predicted octanol–water partition coefficient (Wildman–Crippen LogP) is 1.96. The minimum Gasteiger partial charge on any atom is -0.314 e. The average molecular weight is 198 g/mol. The lowest BCUT2D eigenvalue weighted by Crippen LogP contribution is -2.53. The molecule has 0 saturated carbocycles. The zero-order valence-corrected chi connectivity index (χ0v) is 10.4. The maximum Gasteiger partial charge on any atom is 0.0193 e. The summed E-state index contributed by atoms with van der Waals surface area (Å²) in [6, 6.07) is 0.696. The molecule has 0 aromatic heterocycles. The molecule has 1 atom stereocenters. The molecular formula is C12H26N2. The average Bonchev–Trinajstić information content (AvgIpc) is 2.08. The van der Waals surface area contributed by atoms with E-state index in [1.54, 1.807) is 0 Å². The van der Waals surface area contributed by atoms with E-state index in [-0.39, 0.29) is 0 Å². The summed E-state index contributed by atoms with van der Waals surface area (Å²) in [6.07, 6.45) is 0. The Labute approximate surface area is 89.1 Å². The minimum absolute atomic E-state index is 0.436. The molecule has 0 spiro atoms. The van der Waals surface area contributed by atoms with Gasteiger partial charge < -0.3 is 5.32 Å². The van der Waals surface area contributed by atoms with Gasteiger partial charge in [-0.05, 0) is 18.3 Å². The molecule has 1 aliphatic heterocycles. The van der Waals surface area contributed by atoms with Gasteiger partial charge in [0, 0.05) is 32.2 Å². The van der Waals surface area contributed by atoms with Crippen LogP contribution < -0.4 is 5.32 Å². The topological polar surface area (TPSA) is 15.3 Å². The third kappa shape index (κ3) is 2.96. The summed E-state index contributed by atoms with van der Waals surface area (Å²) < 4.78 is 0. The third-order valence-electron chi connectivity index (χ3n) is 3.81. The SMILES string of the molecule is CC1CNCCN1CC(C)(C)C(C)C. The summed E-state index contributed by atoms with van der Waals surface area (Å²) in [5, 5.41) is 3.44. The van der Waals surface area contributed by atoms with E-state index >= 15 is 0 Å². The molecule has 0 amide bonds. The van der Waals surface area contributed by atoms with Crippen molar-refractivity contribution in [1.29, 1.82) is 0 Å². The van der Waals surface area contributed by atoms with Crippen molar-refractivity contribution in [1.82, 2.24) is 10.2 Å². The third-order valence-corrected chi connectivity index (χ3v) is 3.81. The fraction of sp³-hybridized carbons (Fsp3) is 1.00. The highest BCUT2D eigenvalue weighted by atomic mass is 15.2. The Balaban J connectivity index is 2.49. The van der Waals surface area contributed by atoms with E-state index in [9.17, 15) is 0 Å². The van der Waals surface area contributed by atoms with Gasteiger partial charge in [0.2, 0.25) is 0 Å². The van der Waals surface area contributed by atoms with E-state index in [1.807, 2.05) is 0 Å². The zero-order chi connectivity index (χ0) is 10.8. The Hall–Kier alpha value is -0.0800. The zero-order valence-electron chi connectivity index (χ0n) is 10.4. The molecule has 0 bridgehead atoms. The number of rotatable bonds is 3. The molecule has 0 radical (unpaired) electrons. The predicted molar refractivity (Wildman–Crippen MR) is 62.5 cm³/mol. The fourth-order valence-corrected chi connectivity index (χ4v) is 1.82. The Morgan fingerprint density at radius 3 is 2.57 bits per heavy atom. The van der Waals surface area contributed by atoms with E-state index < -0.39 is 0 Å². The van der Waals surface area contributed by atoms with Crippen LogP contribution in [0.2, 0.25) is 0 Å². The van der Waals surface area contributed by atoms with E-state index in [1.165, 1.54) is 13.1 Å². The second-order valence-electron chi connectivity index (χ2n) is 5.67. The van der Waals surface area contributed by atoms with Crippen molar-refractivity contribution in [2.75, 3.05) is 26.2 Å². The van der Waals surface area contributed by atoms with Gasteiger partial charge in [-0.25, -0.2) is 0 Å². The first-order valence-electron chi connectivity index (χ1n) is 5.88. The highest BCUT2D eigenvalue weighted by Gasteiger charge is 2.28. The van der Waals surface area contributed by atoms with Gasteiger partial charge >= 0.3 is 0 Å². The molecule has 1 fully saturated rings. The van der Waals surface area contributed by atoms with Gasteiger partial charge in [0.25, 0.3) is 0 Å². The van der Waals surface area contributed by atoms with Crippen LogP contribution in [0.3, 0.4) is 0 Å². The Kier molecular flexibility index (Phi) is 3.96. The van der Waals surface area contributed by atoms with Crippen LogP contribution >= 0.6 is 0 Å². The van der Waals surface area contributed by atoms with Crippen LogP contribution in [0.5, 0.6) is 0 Å². The lowest BCUT2D eigenvalue weighted by Gasteiger charge is -2.41. The van der Waals surface area contributed by atoms with Crippen LogP contribution in [-0.2, 0) is 0 Å². The molecule has 1 N–H and O–H groups in total. The van der Waals surface area contributed by atoms with Crippen LogP contribution in [-0.4, -0.2) is 37.1 Å². The van der Waals surface area contributed by atoms with Crippen LogP contribution in [0.4, 0.5) is 0 Å². The number of piperazine rings is 1. The lowest BCUT2D eigenvalue weighted by molar-refractivity contribution is 0.0881. The molecule has 1 heterocycles. The van der Waals surface area contributed by atoms with E-state index in [0.29, 0.717) is 11.5 Å². The summed E-state index contributed by atoms with van der Waals surface area (Å²) in [4.78, 5) is 2.62. The first-order chi connectivity index (χ1) is 6.43. The first kappa shape index (κ1) is 12.0. The first-order valence-corrected chi connectivity index (χ1v) is 5.88. The van der Waals surface area contributed by atoms with Crippen molar-refractivity contribution in [3.05, 3.63) is 0 Å². The highest BCUT2D eigenvalue weighted by Crippen LogP contribution is 2.27. The molecule has 14 heavy (non-hydrogen) atoms. The Morgan fingerprint density at radius 2 is 2.07 bits per heavy atom. The smallest absolute Gasteiger partial charge is 0.0193 e. The quantitative estimate of drug-likeness (QED) is 0.746. The monoisotopic (exact) mass is 198 g/mol. The van der Waals surface area contributed by atoms with E-state index in [2.05, 4.69) is 44.8 Å². The van der Waals surface area contributed by atoms with Crippen molar-refractivity contribution < 1.29 is 0 Å². The van der Waals surface area contributed by atoms with Crippen LogP contribution in [0.25, 0.3) is 0 Å². The van der Waals surface area contributed by atoms with E-state index in [0.717, 1.165) is 19.0 Å². The van der Waals surface area contributed by atoms with Gasteiger partial charge in [0.15, 0.2) is 0 Å². The maximum atomic E-state index is 3.44. The molecule has 1 saturated heterocycles. The fourth-order valence-electron chi connectivity index (χ4n) is 1.82. The van der Waals surface area contributed by atoms with Crippen LogP contribution in [0, 0.1) is 11.3 Å². The summed E-state index contributed by atoms with van der Waals surface area (Å²) in [6.45, 7) is 16.5. The molecule has 2 heteroatoms. The number of hydrogen-bond donors (Lipinski definition) is 1. The van der Waals surface area contributed by atoms with Crippen LogP contribution in [0.1, 0.15) is 34.6 Å². The Bertz CT molecular complexity index is 175. The maximum absolute atomic E-state index is 3.44. The standard InChI is InChI=1S/C12H26N2/c1-10(2)12(4,5)9-14-7-6-13-8-11(14)3/h10-11,13H,6-9H2,1-5H3. The van der Waals surface area contributed by atoms with Crippen molar-refractivity contribution in [3.63, 3.8) is 0 Å². The second kappa shape index (κ2) is 4.63. The summed E-state index contributed by atoms with van der Waals surface area (Å²) in [5.41, 5.74) is 0.436. The molecule has 1 rings (SSSR count). The molecule has 1 aliphatic rings. The number of nitrogens with one attached hydrogen (secondary N) is 1. The summed E-state index contributed by atoms with van der Waals surface area (Å²) in [5.74, 6) is 0.754. The van der Waals surface area contributed by atoms with Gasteiger partial charge in [-0.1, -0.05) is 27.7 Å². The van der Waals surface area contributed by atoms with Gasteiger partial charge in [-0.2, -0.15) is 0 Å². The summed E-state index contributed by atoms with van der Waals surface area (Å²) >= 11 is 0. The molecular weight excluding hydrogens is 172 g/mol. The van der Waals surface area contributed by atoms with Crippen molar-refractivity contribution in [2.24, 2.45) is 11.3 Å². The molecule has 0 aromatic rings. The van der Waals surface area contributed by atoms with Gasteiger partial charge in [0.1, 0.15) is 0 Å². The molecule has 1 unspecified atom stereocenters. The second-order valence-corrected chi connectivity index (χ2v) is 5.67. The van der Waals surface area contributed by atoms with Crippen molar-refractivity contribution in [3.8, 4) is 0 Å². The molecule has 84 valence electrons. The van der Waals surface area contributed by atoms with Gasteiger partial charge in [-0.3, -0.25) is 4.90 Å². The summed E-state index contributed by atoms with van der Waals surface area (Å²) in [7, 11) is 0.